The molecule has 0 amide bonds. The zero-order valence-corrected chi connectivity index (χ0v) is 35.4. The quantitative estimate of drug-likeness (QED) is 0.133. The molecule has 0 bridgehead atoms. The van der Waals surface area contributed by atoms with Crippen molar-refractivity contribution >= 4 is 39.3 Å². The van der Waals surface area contributed by atoms with Crippen molar-refractivity contribution in [2.75, 3.05) is 67.1 Å². The number of piperazine rings is 2. The van der Waals surface area contributed by atoms with E-state index in [1.807, 2.05) is 41.3 Å². The average molecular weight is 891 g/mol. The van der Waals surface area contributed by atoms with Gasteiger partial charge in [0.2, 0.25) is 0 Å². The Hall–Kier alpha value is -6.94. The maximum atomic E-state index is 14.5. The first-order valence-corrected chi connectivity index (χ1v) is 21.1. The summed E-state index contributed by atoms with van der Waals surface area (Å²) in [6, 6.07) is 21.1. The number of alkyl halides is 6. The molecule has 0 spiro atoms. The van der Waals surface area contributed by atoms with Crippen LogP contribution in [0.25, 0.3) is 67.4 Å². The summed E-state index contributed by atoms with van der Waals surface area (Å²) in [7, 11) is 0. The summed E-state index contributed by atoms with van der Waals surface area (Å²) in [6.45, 7) is 10.4. The predicted molar refractivity (Wildman–Crippen MR) is 238 cm³/mol. The van der Waals surface area contributed by atoms with Gasteiger partial charge in [0, 0.05) is 74.9 Å². The standard InChI is InChI=1S/C49H40F6N6O4/c1-26-27(2)44(62)39(46-41(26)57-35-14-8-31(48(50,51)52)24-37(35)64-46)29-6-12-34(13-7-29)60-20-22-61(23-21-60)43-28(3)45(63)40(30-4-10-33(11-5-30)59-18-16-56-17-19-59)47-42(43)58-36-15-9-32(49(53,54)55)25-38(36)65-47/h4-15,24-25,56H,16-23H2,1-3H3. The summed E-state index contributed by atoms with van der Waals surface area (Å²) in [4.78, 5) is 44.2. The summed E-state index contributed by atoms with van der Waals surface area (Å²) in [5.41, 5.74) is 3.89. The van der Waals surface area contributed by atoms with Crippen LogP contribution in [0, 0.1) is 20.8 Å². The molecule has 16 heteroatoms. The molecule has 0 saturated carbocycles. The molecule has 332 valence electrons. The topological polar surface area (TPSA) is 108 Å². The van der Waals surface area contributed by atoms with E-state index in [1.54, 1.807) is 32.9 Å². The summed E-state index contributed by atoms with van der Waals surface area (Å²) < 4.78 is 94.7. The zero-order valence-electron chi connectivity index (χ0n) is 35.4. The Kier molecular flexibility index (Phi) is 10.1. The summed E-state index contributed by atoms with van der Waals surface area (Å²) in [6.07, 6.45) is -9.22. The summed E-state index contributed by atoms with van der Waals surface area (Å²) >= 11 is 0. The van der Waals surface area contributed by atoms with Gasteiger partial charge in [0.1, 0.15) is 22.4 Å². The monoisotopic (exact) mass is 890 g/mol. The van der Waals surface area contributed by atoms with E-state index in [4.69, 9.17) is 13.8 Å². The molecule has 4 aliphatic heterocycles. The van der Waals surface area contributed by atoms with E-state index in [-0.39, 0.29) is 55.7 Å². The Balaban J connectivity index is 0.978. The first-order chi connectivity index (χ1) is 31.0. The number of aromatic nitrogens is 2. The van der Waals surface area contributed by atoms with E-state index >= 15 is 0 Å². The van der Waals surface area contributed by atoms with Gasteiger partial charge in [0.05, 0.1) is 27.9 Å². The molecule has 4 aromatic rings. The lowest BCUT2D eigenvalue weighted by Gasteiger charge is -2.38. The van der Waals surface area contributed by atoms with Crippen LogP contribution in [0.5, 0.6) is 0 Å². The number of hydrogen-bond acceptors (Lipinski definition) is 10. The van der Waals surface area contributed by atoms with Crippen molar-refractivity contribution in [3.05, 3.63) is 133 Å². The number of hydrogen-bond donors (Lipinski definition) is 1. The van der Waals surface area contributed by atoms with Crippen molar-refractivity contribution in [3.63, 3.8) is 0 Å². The highest BCUT2D eigenvalue weighted by molar-refractivity contribution is 5.92. The molecule has 0 unspecified atom stereocenters. The van der Waals surface area contributed by atoms with Gasteiger partial charge in [-0.25, -0.2) is 9.97 Å². The normalized spacial score (nSPS) is 15.2. The fourth-order valence-electron chi connectivity index (χ4n) is 9.06. The molecule has 4 aromatic carbocycles. The lowest BCUT2D eigenvalue weighted by atomic mass is 9.93. The number of fused-ring (bicyclic) bond motifs is 4. The van der Waals surface area contributed by atoms with Crippen LogP contribution in [-0.2, 0) is 12.4 Å². The highest BCUT2D eigenvalue weighted by atomic mass is 19.4. The van der Waals surface area contributed by atoms with Crippen LogP contribution in [0.4, 0.5) is 43.4 Å². The maximum absolute atomic E-state index is 14.5. The van der Waals surface area contributed by atoms with Crippen LogP contribution in [0.3, 0.4) is 0 Å². The molecule has 6 aliphatic rings. The molecule has 0 aromatic heterocycles. The van der Waals surface area contributed by atoms with Gasteiger partial charge in [-0.15, -0.1) is 0 Å². The predicted octanol–water partition coefficient (Wildman–Crippen LogP) is 9.93. The van der Waals surface area contributed by atoms with Crippen molar-refractivity contribution in [2.24, 2.45) is 0 Å². The first kappa shape index (κ1) is 42.0. The number of rotatable bonds is 5. The Morgan fingerprint density at radius 1 is 0.523 bits per heavy atom. The number of nitrogens with one attached hydrogen (secondary N) is 1. The van der Waals surface area contributed by atoms with E-state index in [2.05, 4.69) is 20.1 Å². The molecule has 2 saturated heterocycles. The van der Waals surface area contributed by atoms with Crippen molar-refractivity contribution in [1.29, 1.82) is 0 Å². The van der Waals surface area contributed by atoms with Crippen LogP contribution < -0.4 is 30.9 Å². The highest BCUT2D eigenvalue weighted by Gasteiger charge is 2.35. The molecule has 0 atom stereocenters. The van der Waals surface area contributed by atoms with Gasteiger partial charge < -0.3 is 28.9 Å². The Morgan fingerprint density at radius 2 is 0.954 bits per heavy atom. The van der Waals surface area contributed by atoms with Crippen LogP contribution in [0.15, 0.2) is 103 Å². The second-order valence-electron chi connectivity index (χ2n) is 16.6. The van der Waals surface area contributed by atoms with Crippen LogP contribution in [0.2, 0.25) is 0 Å². The second-order valence-corrected chi connectivity index (χ2v) is 16.6. The van der Waals surface area contributed by atoms with Crippen molar-refractivity contribution in [1.82, 2.24) is 15.3 Å². The molecule has 0 radical (unpaired) electrons. The van der Waals surface area contributed by atoms with Crippen molar-refractivity contribution < 1.29 is 35.2 Å². The molecule has 2 aliphatic carbocycles. The highest BCUT2D eigenvalue weighted by Crippen LogP contribution is 2.43. The molecular formula is C49H40F6N6O4. The van der Waals surface area contributed by atoms with Gasteiger partial charge in [-0.05, 0) is 98.1 Å². The number of halogens is 6. The molecule has 4 heterocycles. The maximum Gasteiger partial charge on any atom is 0.416 e. The van der Waals surface area contributed by atoms with Crippen LogP contribution >= 0.6 is 0 Å². The third-order valence-electron chi connectivity index (χ3n) is 12.7. The third kappa shape index (κ3) is 7.38. The largest absolute Gasteiger partial charge is 0.452 e. The minimum atomic E-state index is -4.62. The molecule has 1 N–H and O–H groups in total. The van der Waals surface area contributed by atoms with E-state index in [9.17, 15) is 35.9 Å². The van der Waals surface area contributed by atoms with Gasteiger partial charge in [0.15, 0.2) is 33.5 Å². The van der Waals surface area contributed by atoms with Gasteiger partial charge in [-0.2, -0.15) is 26.3 Å². The smallest absolute Gasteiger partial charge is 0.416 e. The third-order valence-corrected chi connectivity index (χ3v) is 12.7. The van der Waals surface area contributed by atoms with E-state index in [0.29, 0.717) is 71.1 Å². The number of anilines is 3. The van der Waals surface area contributed by atoms with Crippen LogP contribution in [-0.4, -0.2) is 62.3 Å². The second kappa shape index (κ2) is 15.6. The number of nitrogens with zero attached hydrogens (tertiary/aromatic N) is 5. The van der Waals surface area contributed by atoms with Gasteiger partial charge in [0.25, 0.3) is 0 Å². The molecule has 10 nitrogen and oxygen atoms in total. The fourth-order valence-corrected chi connectivity index (χ4v) is 9.06. The van der Waals surface area contributed by atoms with Gasteiger partial charge >= 0.3 is 12.4 Å². The summed E-state index contributed by atoms with van der Waals surface area (Å²) in [5.74, 6) is 0.196. The molecular weight excluding hydrogens is 851 g/mol. The van der Waals surface area contributed by atoms with E-state index in [1.165, 1.54) is 12.1 Å². The molecule has 2 fully saturated rings. The zero-order chi connectivity index (χ0) is 45.5. The SMILES string of the molecule is Cc1c2nc3ccc(C(F)(F)F)cc3oc-2c(-c2ccc(N3CCN(c4c5nc6ccc(C(F)(F)F)cc6oc-5c(-c5ccc(N6CCNCC6)cc5)c(=O)c4C)CC3)cc2)c(=O)c1C. The van der Waals surface area contributed by atoms with E-state index < -0.39 is 23.5 Å². The molecule has 65 heavy (non-hydrogen) atoms. The summed E-state index contributed by atoms with van der Waals surface area (Å²) in [5, 5.41) is 3.33. The van der Waals surface area contributed by atoms with Gasteiger partial charge in [-0.1, -0.05) is 24.3 Å². The minimum Gasteiger partial charge on any atom is -0.452 e. The first-order valence-electron chi connectivity index (χ1n) is 21.1. The van der Waals surface area contributed by atoms with E-state index in [0.717, 1.165) is 61.8 Å². The van der Waals surface area contributed by atoms with Crippen molar-refractivity contribution in [3.8, 4) is 45.2 Å². The fraction of sp³-hybridized carbons (Fsp3) is 0.265. The average Bonchev–Trinajstić information content (AvgIpc) is 3.30. The minimum absolute atomic E-state index is 0.0961. The van der Waals surface area contributed by atoms with Gasteiger partial charge in [-0.3, -0.25) is 9.59 Å². The lowest BCUT2D eigenvalue weighted by molar-refractivity contribution is -0.138. The van der Waals surface area contributed by atoms with Crippen LogP contribution in [0.1, 0.15) is 27.8 Å². The Labute approximate surface area is 367 Å². The molecule has 10 rings (SSSR count). The van der Waals surface area contributed by atoms with Crippen molar-refractivity contribution in [2.45, 2.75) is 33.1 Å². The Morgan fingerprint density at radius 3 is 1.45 bits per heavy atom. The Bertz CT molecular complexity index is 3200. The lowest BCUT2D eigenvalue weighted by Crippen LogP contribution is -2.47. The number of benzene rings is 6.